The molecular formula is C30H33ClF2N2O11. The molecule has 1 saturated carbocycles. The molecule has 5 rings (SSSR count). The van der Waals surface area contributed by atoms with Gasteiger partial charge in [-0.25, -0.2) is 8.78 Å². The Morgan fingerprint density at radius 3 is 2.50 bits per heavy atom. The third-order valence-corrected chi connectivity index (χ3v) is 8.26. The number of halogens is 3. The third kappa shape index (κ3) is 7.11. The Bertz CT molecular complexity index is 1500. The number of hydrogen-bond donors (Lipinski definition) is 6. The maximum atomic E-state index is 14.9. The zero-order valence-corrected chi connectivity index (χ0v) is 25.3. The Morgan fingerprint density at radius 2 is 1.78 bits per heavy atom. The van der Waals surface area contributed by atoms with Gasteiger partial charge in [-0.1, -0.05) is 22.8 Å². The van der Waals surface area contributed by atoms with Crippen LogP contribution in [0, 0.1) is 5.82 Å². The smallest absolute Gasteiger partial charge is 0.247 e. The maximum absolute atomic E-state index is 14.9. The van der Waals surface area contributed by atoms with Gasteiger partial charge in [-0.05, 0) is 55.8 Å². The van der Waals surface area contributed by atoms with E-state index < -0.39 is 78.7 Å². The second-order valence-electron chi connectivity index (χ2n) is 11.1. The lowest BCUT2D eigenvalue weighted by atomic mass is 9.83. The molecule has 3 aliphatic rings. The number of nitrogens with zero attached hydrogens (tertiary/aromatic N) is 1. The standard InChI is InChI=1S/C30H33ClF2N2O11/c1-12(29(41)34-21-23(38)25(40)28-27(24(21)39)42-11-43-28)7-14-3-6-19(18(36)8-14)45-30-20(33)22(37)26(46-30)13(2)35-44-10-15-9-16(32)4-5-17(15)31/h3-9,20-28,30,36-40H,10-11H2,1-2H3,(H,34,41)/b12-7+,35-13+/t20-,21+,22-,23-,24+,25+,26+,27-,28+,30+/m0/s1. The number of nitrogens with one attached hydrogen (secondary N) is 1. The molecule has 250 valence electrons. The molecule has 1 aliphatic carbocycles. The van der Waals surface area contributed by atoms with E-state index >= 15 is 0 Å². The molecule has 2 saturated heterocycles. The summed E-state index contributed by atoms with van der Waals surface area (Å²) < 4.78 is 49.8. The van der Waals surface area contributed by atoms with Crippen LogP contribution >= 0.6 is 11.6 Å². The minimum Gasteiger partial charge on any atom is -0.504 e. The van der Waals surface area contributed by atoms with Gasteiger partial charge in [0, 0.05) is 16.2 Å². The van der Waals surface area contributed by atoms with Crippen LogP contribution < -0.4 is 10.1 Å². The molecule has 46 heavy (non-hydrogen) atoms. The molecule has 0 bridgehead atoms. The van der Waals surface area contributed by atoms with Crippen LogP contribution in [0.2, 0.25) is 5.02 Å². The Morgan fingerprint density at radius 1 is 1.07 bits per heavy atom. The number of carbonyl (C=O) groups is 1. The van der Waals surface area contributed by atoms with Gasteiger partial charge in [0.15, 0.2) is 17.7 Å². The molecule has 3 fully saturated rings. The first-order valence-corrected chi connectivity index (χ1v) is 14.6. The van der Waals surface area contributed by atoms with E-state index in [-0.39, 0.29) is 35.5 Å². The number of alkyl halides is 1. The van der Waals surface area contributed by atoms with Crippen molar-refractivity contribution in [2.45, 2.75) is 81.7 Å². The van der Waals surface area contributed by atoms with E-state index in [9.17, 15) is 39.1 Å². The van der Waals surface area contributed by atoms with Crippen molar-refractivity contribution in [1.82, 2.24) is 5.32 Å². The van der Waals surface area contributed by atoms with E-state index in [1.165, 1.54) is 56.3 Å². The maximum Gasteiger partial charge on any atom is 0.247 e. The van der Waals surface area contributed by atoms with E-state index in [1.54, 1.807) is 0 Å². The number of phenols is 1. The van der Waals surface area contributed by atoms with E-state index in [0.29, 0.717) is 11.1 Å². The number of ether oxygens (including phenoxy) is 4. The van der Waals surface area contributed by atoms with Gasteiger partial charge in [0.25, 0.3) is 0 Å². The van der Waals surface area contributed by atoms with Gasteiger partial charge in [-0.2, -0.15) is 0 Å². The van der Waals surface area contributed by atoms with Crippen LogP contribution in [0.4, 0.5) is 8.78 Å². The molecule has 2 heterocycles. The molecule has 6 N–H and O–H groups in total. The topological polar surface area (TPSA) is 189 Å². The zero-order valence-electron chi connectivity index (χ0n) is 24.5. The summed E-state index contributed by atoms with van der Waals surface area (Å²) in [5.74, 6) is -1.80. The van der Waals surface area contributed by atoms with Gasteiger partial charge < -0.3 is 54.6 Å². The number of aromatic hydroxyl groups is 1. The third-order valence-electron chi connectivity index (χ3n) is 7.89. The van der Waals surface area contributed by atoms with Gasteiger partial charge in [-0.3, -0.25) is 4.79 Å². The summed E-state index contributed by atoms with van der Waals surface area (Å²) in [6.45, 7) is 2.52. The number of benzene rings is 2. The Hall–Kier alpha value is -3.41. The molecule has 0 radical (unpaired) electrons. The first-order chi connectivity index (χ1) is 21.8. The minimum atomic E-state index is -2.03. The lowest BCUT2D eigenvalue weighted by Gasteiger charge is -2.41. The van der Waals surface area contributed by atoms with Gasteiger partial charge in [0.2, 0.25) is 12.2 Å². The summed E-state index contributed by atoms with van der Waals surface area (Å²) in [6, 6.07) is 6.48. The first kappa shape index (κ1) is 33.9. The summed E-state index contributed by atoms with van der Waals surface area (Å²) in [7, 11) is 0. The number of aliphatic hydroxyl groups is 4. The quantitative estimate of drug-likeness (QED) is 0.128. The predicted molar refractivity (Wildman–Crippen MR) is 156 cm³/mol. The lowest BCUT2D eigenvalue weighted by Crippen LogP contribution is -2.67. The van der Waals surface area contributed by atoms with Crippen LogP contribution in [-0.2, 0) is 30.4 Å². The summed E-state index contributed by atoms with van der Waals surface area (Å²) in [4.78, 5) is 18.0. The van der Waals surface area contributed by atoms with Gasteiger partial charge in [0.1, 0.15) is 61.9 Å². The number of carbonyl (C=O) groups excluding carboxylic acids is 1. The molecular weight excluding hydrogens is 638 g/mol. The average molecular weight is 671 g/mol. The highest BCUT2D eigenvalue weighted by atomic mass is 35.5. The summed E-state index contributed by atoms with van der Waals surface area (Å²) in [5.41, 5.74) is 0.863. The van der Waals surface area contributed by atoms with Crippen molar-refractivity contribution in [2.75, 3.05) is 6.79 Å². The molecule has 0 aromatic heterocycles. The van der Waals surface area contributed by atoms with E-state index in [4.69, 9.17) is 35.4 Å². The summed E-state index contributed by atoms with van der Waals surface area (Å²) in [5, 5.41) is 58.8. The van der Waals surface area contributed by atoms with Gasteiger partial charge >= 0.3 is 0 Å². The first-order valence-electron chi connectivity index (χ1n) is 14.2. The van der Waals surface area contributed by atoms with Gasteiger partial charge in [-0.15, -0.1) is 0 Å². The highest BCUT2D eigenvalue weighted by Gasteiger charge is 2.53. The van der Waals surface area contributed by atoms with Crippen molar-refractivity contribution in [3.63, 3.8) is 0 Å². The fourth-order valence-corrected chi connectivity index (χ4v) is 5.53. The van der Waals surface area contributed by atoms with E-state index in [2.05, 4.69) is 10.5 Å². The van der Waals surface area contributed by atoms with E-state index in [0.717, 1.165) is 0 Å². The number of aliphatic hydroxyl groups excluding tert-OH is 4. The molecule has 0 spiro atoms. The zero-order chi connectivity index (χ0) is 33.3. The second kappa shape index (κ2) is 14.1. The highest BCUT2D eigenvalue weighted by molar-refractivity contribution is 6.31. The van der Waals surface area contributed by atoms with Crippen molar-refractivity contribution in [2.24, 2.45) is 5.16 Å². The largest absolute Gasteiger partial charge is 0.504 e. The molecule has 1 amide bonds. The predicted octanol–water partition coefficient (Wildman–Crippen LogP) is 1.31. The number of hydrogen-bond acceptors (Lipinski definition) is 12. The van der Waals surface area contributed by atoms with Crippen molar-refractivity contribution < 1.29 is 62.9 Å². The van der Waals surface area contributed by atoms with Crippen LogP contribution in [0.15, 0.2) is 47.1 Å². The number of oxime groups is 1. The molecule has 0 unspecified atom stereocenters. The normalized spacial score (nSPS) is 33.1. The monoisotopic (exact) mass is 670 g/mol. The van der Waals surface area contributed by atoms with E-state index in [1.807, 2.05) is 0 Å². The van der Waals surface area contributed by atoms with Crippen molar-refractivity contribution in [3.8, 4) is 11.5 Å². The number of phenolic OH excluding ortho intramolecular Hbond substituents is 1. The number of fused-ring (bicyclic) bond motifs is 1. The SMILES string of the molecule is C/C(=C\c1ccc(O[C@@H]2O[C@H](/C(C)=N/OCc3cc(F)ccc3Cl)[C@@H](O)[C@@H]2F)c(O)c1)C(=O)N[C@@H]1[C@H](O)[C@@H](O)[C@H]2OCO[C@H]2[C@@H]1O. The highest BCUT2D eigenvalue weighted by Crippen LogP contribution is 2.34. The molecule has 2 aromatic carbocycles. The Labute approximate surface area is 266 Å². The average Bonchev–Trinajstić information content (AvgIpc) is 3.62. The Balaban J connectivity index is 1.18. The number of amides is 1. The van der Waals surface area contributed by atoms with Crippen LogP contribution in [-0.4, -0.2) is 105 Å². The fourth-order valence-electron chi connectivity index (χ4n) is 5.36. The van der Waals surface area contributed by atoms with Crippen LogP contribution in [0.5, 0.6) is 11.5 Å². The Kier molecular flexibility index (Phi) is 10.4. The molecule has 2 aliphatic heterocycles. The fraction of sp³-hybridized carbons (Fsp3) is 0.467. The van der Waals surface area contributed by atoms with Crippen molar-refractivity contribution in [3.05, 3.63) is 63.9 Å². The lowest BCUT2D eigenvalue weighted by molar-refractivity contribution is -0.155. The van der Waals surface area contributed by atoms with Crippen LogP contribution in [0.1, 0.15) is 25.0 Å². The van der Waals surface area contributed by atoms with Crippen LogP contribution in [0.3, 0.4) is 0 Å². The molecule has 10 atom stereocenters. The summed E-state index contributed by atoms with van der Waals surface area (Å²) in [6.07, 6.45) is -11.3. The molecule has 13 nitrogen and oxygen atoms in total. The minimum absolute atomic E-state index is 0.0685. The van der Waals surface area contributed by atoms with Crippen LogP contribution in [0.25, 0.3) is 6.08 Å². The molecule has 2 aromatic rings. The van der Waals surface area contributed by atoms with Gasteiger partial charge in [0.05, 0.1) is 11.8 Å². The molecule has 16 heteroatoms. The van der Waals surface area contributed by atoms with Crippen molar-refractivity contribution >= 4 is 29.3 Å². The second-order valence-corrected chi connectivity index (χ2v) is 11.5. The number of rotatable bonds is 9. The summed E-state index contributed by atoms with van der Waals surface area (Å²) >= 11 is 6.00. The van der Waals surface area contributed by atoms with Crippen molar-refractivity contribution in [1.29, 1.82) is 0 Å².